The predicted octanol–water partition coefficient (Wildman–Crippen LogP) is 4.07. The van der Waals surface area contributed by atoms with Gasteiger partial charge in [0, 0.05) is 22.9 Å². The van der Waals surface area contributed by atoms with Gasteiger partial charge in [-0.05, 0) is 44.2 Å². The van der Waals surface area contributed by atoms with Gasteiger partial charge in [-0.25, -0.2) is 9.18 Å². The molecule has 2 aromatic carbocycles. The van der Waals surface area contributed by atoms with E-state index < -0.39 is 0 Å². The third-order valence-electron chi connectivity index (χ3n) is 3.30. The molecule has 0 aliphatic rings. The van der Waals surface area contributed by atoms with Gasteiger partial charge in [-0.3, -0.25) is 0 Å². The summed E-state index contributed by atoms with van der Waals surface area (Å²) in [6.07, 6.45) is 0. The van der Waals surface area contributed by atoms with Crippen molar-refractivity contribution in [1.82, 2.24) is 15.5 Å². The molecule has 3 aromatic rings. The molecule has 25 heavy (non-hydrogen) atoms. The smallest absolute Gasteiger partial charge is 0.319 e. The lowest BCUT2D eigenvalue weighted by Crippen LogP contribution is -2.34. The van der Waals surface area contributed by atoms with Crippen molar-refractivity contribution in [2.24, 2.45) is 0 Å². The Balaban J connectivity index is 1.81. The van der Waals surface area contributed by atoms with Crippen LogP contribution in [0.5, 0.6) is 0 Å². The molecule has 0 radical (unpaired) electrons. The number of amides is 2. The molecule has 0 atom stereocenters. The number of aromatic nitrogens is 2. The molecule has 0 aliphatic heterocycles. The van der Waals surface area contributed by atoms with Crippen molar-refractivity contribution in [2.75, 3.05) is 5.32 Å². The molecule has 0 unspecified atom stereocenters. The zero-order valence-corrected chi connectivity index (χ0v) is 13.8. The van der Waals surface area contributed by atoms with E-state index >= 15 is 0 Å². The highest BCUT2D eigenvalue weighted by molar-refractivity contribution is 5.90. The van der Waals surface area contributed by atoms with Gasteiger partial charge in [-0.1, -0.05) is 23.4 Å². The molecule has 0 aliphatic carbocycles. The summed E-state index contributed by atoms with van der Waals surface area (Å²) < 4.78 is 18.5. The zero-order chi connectivity index (χ0) is 17.8. The Morgan fingerprint density at radius 3 is 2.64 bits per heavy atom. The SMILES string of the molecule is CC(C)NC(=O)Nc1cccc(-c2noc(-c3cccc(F)c3)n2)c1. The van der Waals surface area contributed by atoms with Crippen molar-refractivity contribution in [1.29, 1.82) is 0 Å². The first-order valence-electron chi connectivity index (χ1n) is 7.79. The topological polar surface area (TPSA) is 80.0 Å². The first-order chi connectivity index (χ1) is 12.0. The monoisotopic (exact) mass is 340 g/mol. The van der Waals surface area contributed by atoms with Crippen LogP contribution in [0.25, 0.3) is 22.8 Å². The Hall–Kier alpha value is -3.22. The Bertz CT molecular complexity index is 892. The van der Waals surface area contributed by atoms with E-state index in [0.29, 0.717) is 22.6 Å². The Morgan fingerprint density at radius 1 is 1.12 bits per heavy atom. The molecule has 0 bridgehead atoms. The number of nitrogens with one attached hydrogen (secondary N) is 2. The molecule has 1 heterocycles. The van der Waals surface area contributed by atoms with Crippen LogP contribution in [0.15, 0.2) is 53.1 Å². The van der Waals surface area contributed by atoms with Gasteiger partial charge in [-0.2, -0.15) is 4.98 Å². The van der Waals surface area contributed by atoms with Crippen LogP contribution in [0.4, 0.5) is 14.9 Å². The van der Waals surface area contributed by atoms with Gasteiger partial charge in [-0.15, -0.1) is 0 Å². The third-order valence-corrected chi connectivity index (χ3v) is 3.30. The first kappa shape index (κ1) is 16.6. The number of carbonyl (C=O) groups is 1. The summed E-state index contributed by atoms with van der Waals surface area (Å²) in [4.78, 5) is 16.1. The molecule has 6 nitrogen and oxygen atoms in total. The fourth-order valence-electron chi connectivity index (χ4n) is 2.24. The molecule has 0 fully saturated rings. The van der Waals surface area contributed by atoms with Gasteiger partial charge in [0.1, 0.15) is 5.82 Å². The van der Waals surface area contributed by atoms with Crippen molar-refractivity contribution in [2.45, 2.75) is 19.9 Å². The third kappa shape index (κ3) is 4.20. The number of benzene rings is 2. The maximum absolute atomic E-state index is 13.3. The van der Waals surface area contributed by atoms with Crippen LogP contribution in [0.3, 0.4) is 0 Å². The lowest BCUT2D eigenvalue weighted by molar-refractivity contribution is 0.250. The molecule has 2 amide bonds. The second kappa shape index (κ2) is 7.12. The number of hydrogen-bond donors (Lipinski definition) is 2. The van der Waals surface area contributed by atoms with Crippen molar-refractivity contribution in [3.05, 3.63) is 54.3 Å². The number of rotatable bonds is 4. The maximum atomic E-state index is 13.3. The van der Waals surface area contributed by atoms with E-state index in [1.807, 2.05) is 13.8 Å². The normalized spacial score (nSPS) is 10.7. The number of hydrogen-bond acceptors (Lipinski definition) is 4. The van der Waals surface area contributed by atoms with E-state index in [1.54, 1.807) is 36.4 Å². The minimum Gasteiger partial charge on any atom is -0.336 e. The Labute approximate surface area is 144 Å². The fourth-order valence-corrected chi connectivity index (χ4v) is 2.24. The molecule has 0 spiro atoms. The standard InChI is InChI=1S/C18H17FN4O2/c1-11(2)20-18(24)21-15-8-4-5-12(10-15)16-22-17(25-23-16)13-6-3-7-14(19)9-13/h3-11H,1-2H3,(H2,20,21,24). The van der Waals surface area contributed by atoms with Crippen LogP contribution in [-0.4, -0.2) is 22.2 Å². The summed E-state index contributed by atoms with van der Waals surface area (Å²) in [6, 6.07) is 12.8. The molecule has 7 heteroatoms. The summed E-state index contributed by atoms with van der Waals surface area (Å²) in [6.45, 7) is 3.76. The highest BCUT2D eigenvalue weighted by atomic mass is 19.1. The second-order valence-corrected chi connectivity index (χ2v) is 5.77. The second-order valence-electron chi connectivity index (χ2n) is 5.77. The summed E-state index contributed by atoms with van der Waals surface area (Å²) >= 11 is 0. The quantitative estimate of drug-likeness (QED) is 0.750. The molecule has 1 aromatic heterocycles. The molecule has 0 saturated heterocycles. The van der Waals surface area contributed by atoms with Crippen molar-refractivity contribution < 1.29 is 13.7 Å². The van der Waals surface area contributed by atoms with Crippen LogP contribution >= 0.6 is 0 Å². The number of nitrogens with zero attached hydrogens (tertiary/aromatic N) is 2. The van der Waals surface area contributed by atoms with Gasteiger partial charge in [0.15, 0.2) is 0 Å². The highest BCUT2D eigenvalue weighted by Gasteiger charge is 2.12. The molecule has 0 saturated carbocycles. The Kier molecular flexibility index (Phi) is 4.74. The van der Waals surface area contributed by atoms with Crippen molar-refractivity contribution in [3.63, 3.8) is 0 Å². The van der Waals surface area contributed by atoms with Gasteiger partial charge in [0.2, 0.25) is 5.82 Å². The van der Waals surface area contributed by atoms with Crippen LogP contribution in [0, 0.1) is 5.82 Å². The van der Waals surface area contributed by atoms with Crippen LogP contribution in [0.1, 0.15) is 13.8 Å². The average molecular weight is 340 g/mol. The number of anilines is 1. The molecular formula is C18H17FN4O2. The van der Waals surface area contributed by atoms with E-state index in [1.165, 1.54) is 12.1 Å². The molecule has 2 N–H and O–H groups in total. The van der Waals surface area contributed by atoms with Gasteiger partial charge in [0.25, 0.3) is 5.89 Å². The largest absolute Gasteiger partial charge is 0.336 e. The van der Waals surface area contributed by atoms with Crippen molar-refractivity contribution in [3.8, 4) is 22.8 Å². The van der Waals surface area contributed by atoms with Crippen LogP contribution in [0.2, 0.25) is 0 Å². The van der Waals surface area contributed by atoms with Crippen LogP contribution in [-0.2, 0) is 0 Å². The van der Waals surface area contributed by atoms with Gasteiger partial charge in [0.05, 0.1) is 0 Å². The maximum Gasteiger partial charge on any atom is 0.319 e. The van der Waals surface area contributed by atoms with E-state index in [-0.39, 0.29) is 23.8 Å². The summed E-state index contributed by atoms with van der Waals surface area (Å²) in [5.41, 5.74) is 1.78. The lowest BCUT2D eigenvalue weighted by atomic mass is 10.2. The van der Waals surface area contributed by atoms with Crippen molar-refractivity contribution >= 4 is 11.7 Å². The minimum absolute atomic E-state index is 0.0363. The highest BCUT2D eigenvalue weighted by Crippen LogP contribution is 2.24. The first-order valence-corrected chi connectivity index (χ1v) is 7.79. The van der Waals surface area contributed by atoms with E-state index in [2.05, 4.69) is 20.8 Å². The number of urea groups is 1. The summed E-state index contributed by atoms with van der Waals surface area (Å²) in [5.74, 6) is 0.206. The lowest BCUT2D eigenvalue weighted by Gasteiger charge is -2.10. The Morgan fingerprint density at radius 2 is 1.88 bits per heavy atom. The predicted molar refractivity (Wildman–Crippen MR) is 92.4 cm³/mol. The summed E-state index contributed by atoms with van der Waals surface area (Å²) in [7, 11) is 0. The average Bonchev–Trinajstić information content (AvgIpc) is 3.04. The zero-order valence-electron chi connectivity index (χ0n) is 13.8. The summed E-state index contributed by atoms with van der Waals surface area (Å²) in [5, 5.41) is 9.41. The number of halogens is 1. The van der Waals surface area contributed by atoms with Gasteiger partial charge < -0.3 is 15.2 Å². The van der Waals surface area contributed by atoms with E-state index in [9.17, 15) is 9.18 Å². The fraction of sp³-hybridized carbons (Fsp3) is 0.167. The molecular weight excluding hydrogens is 323 g/mol. The number of carbonyl (C=O) groups excluding carboxylic acids is 1. The van der Waals surface area contributed by atoms with E-state index in [4.69, 9.17) is 4.52 Å². The van der Waals surface area contributed by atoms with E-state index in [0.717, 1.165) is 0 Å². The minimum atomic E-state index is -0.375. The molecule has 3 rings (SSSR count). The molecule has 128 valence electrons. The van der Waals surface area contributed by atoms with Gasteiger partial charge >= 0.3 is 6.03 Å². The van der Waals surface area contributed by atoms with Crippen LogP contribution < -0.4 is 10.6 Å².